The molecule has 52 valence electrons. The lowest BCUT2D eigenvalue weighted by Gasteiger charge is -1.81. The normalized spacial score (nSPS) is 9.20. The van der Waals surface area contributed by atoms with Gasteiger partial charge in [-0.05, 0) is 9.71 Å². The first kappa shape index (κ1) is 6.33. The third-order valence-electron chi connectivity index (χ3n) is 0.833. The van der Waals surface area contributed by atoms with Crippen LogP contribution in [0.1, 0.15) is 0 Å². The molecule has 1 aromatic heterocycles. The molecule has 0 saturated carbocycles. The van der Waals surface area contributed by atoms with Gasteiger partial charge in [-0.3, -0.25) is 0 Å². The molecule has 7 heteroatoms. The highest BCUT2D eigenvalue weighted by molar-refractivity contribution is 5.13. The molecule has 0 aliphatic rings. The average molecular weight is 142 g/mol. The number of aromatic nitrogens is 2. The van der Waals surface area contributed by atoms with Crippen LogP contribution in [-0.2, 0) is 0 Å². The van der Waals surface area contributed by atoms with Crippen molar-refractivity contribution in [3.8, 4) is 0 Å². The van der Waals surface area contributed by atoms with Crippen LogP contribution in [0, 0.1) is 15.0 Å². The molecular weight excluding hydrogens is 140 g/mol. The van der Waals surface area contributed by atoms with Crippen LogP contribution in [0.5, 0.6) is 0 Å². The molecule has 0 aliphatic carbocycles. The maximum absolute atomic E-state index is 9.92. The van der Waals surface area contributed by atoms with Crippen molar-refractivity contribution in [2.45, 2.75) is 0 Å². The molecule has 0 saturated heterocycles. The fraction of sp³-hybridized carbons (Fsp3) is 0. The second-order valence-electron chi connectivity index (χ2n) is 1.43. The summed E-state index contributed by atoms with van der Waals surface area (Å²) >= 11 is 0. The lowest BCUT2D eigenvalue weighted by Crippen LogP contribution is -1.91. The second kappa shape index (κ2) is 2.21. The summed E-state index contributed by atoms with van der Waals surface area (Å²) < 4.78 is 0. The Kier molecular flexibility index (Phi) is 1.40. The Hall–Kier alpha value is -1.79. The van der Waals surface area contributed by atoms with Gasteiger partial charge in [-0.1, -0.05) is 0 Å². The largest absolute Gasteiger partial charge is 0.392 e. The summed E-state index contributed by atoms with van der Waals surface area (Å²) in [5.41, 5.74) is 0. The van der Waals surface area contributed by atoms with Gasteiger partial charge in [0.25, 0.3) is 0 Å². The van der Waals surface area contributed by atoms with Crippen LogP contribution in [0.3, 0.4) is 0 Å². The number of hydrogen-bond donors (Lipinski definition) is 0. The summed E-state index contributed by atoms with van der Waals surface area (Å²) in [6, 6.07) is 1.08. The van der Waals surface area contributed by atoms with Crippen molar-refractivity contribution in [1.29, 1.82) is 0 Å². The van der Waals surface area contributed by atoms with E-state index in [0.717, 1.165) is 12.3 Å². The first-order chi connectivity index (χ1) is 4.74. The summed E-state index contributed by atoms with van der Waals surface area (Å²) in [4.78, 5) is 19.5. The quantitative estimate of drug-likeness (QED) is 0.337. The molecule has 7 nitrogen and oxygen atoms in total. The highest BCUT2D eigenvalue weighted by Crippen LogP contribution is 2.03. The van der Waals surface area contributed by atoms with Gasteiger partial charge in [-0.2, -0.15) is 0 Å². The van der Waals surface area contributed by atoms with Gasteiger partial charge in [0.1, 0.15) is 5.29 Å². The first-order valence-electron chi connectivity index (χ1n) is 2.28. The SMILES string of the molecule is O=Nn1ccc([N+](=O)[O-])n1. The van der Waals surface area contributed by atoms with E-state index in [-0.39, 0.29) is 5.82 Å². The first-order valence-corrected chi connectivity index (χ1v) is 2.28. The van der Waals surface area contributed by atoms with E-state index < -0.39 is 4.92 Å². The predicted octanol–water partition coefficient (Wildman–Crippen LogP) is 0.321. The van der Waals surface area contributed by atoms with Crippen LogP contribution in [-0.4, -0.2) is 14.8 Å². The zero-order chi connectivity index (χ0) is 7.56. The number of nitroso groups, excluding NO2 is 1. The summed E-state index contributed by atoms with van der Waals surface area (Å²) in [5.74, 6) is -0.389. The molecule has 0 atom stereocenters. The van der Waals surface area contributed by atoms with Gasteiger partial charge in [0.15, 0.2) is 0 Å². The van der Waals surface area contributed by atoms with Crippen molar-refractivity contribution in [2.24, 2.45) is 5.29 Å². The Morgan fingerprint density at radius 2 is 2.50 bits per heavy atom. The van der Waals surface area contributed by atoms with E-state index in [4.69, 9.17) is 0 Å². The van der Waals surface area contributed by atoms with Crippen molar-refractivity contribution in [1.82, 2.24) is 9.89 Å². The predicted molar refractivity (Wildman–Crippen MR) is 30.1 cm³/mol. The van der Waals surface area contributed by atoms with Crippen LogP contribution >= 0.6 is 0 Å². The van der Waals surface area contributed by atoms with Gasteiger partial charge in [0.2, 0.25) is 0 Å². The van der Waals surface area contributed by atoms with Crippen LogP contribution in [0.4, 0.5) is 5.82 Å². The minimum absolute atomic E-state index is 0.389. The smallest absolute Gasteiger partial charge is 0.358 e. The molecule has 0 fully saturated rings. The third kappa shape index (κ3) is 0.966. The minimum atomic E-state index is -0.707. The molecule has 0 aromatic carbocycles. The standard InChI is InChI=1S/C3H2N4O3/c8-5-6-2-1-3(4-6)7(9)10/h1-2H. The molecule has 0 N–H and O–H groups in total. The van der Waals surface area contributed by atoms with E-state index in [0.29, 0.717) is 4.79 Å². The van der Waals surface area contributed by atoms with Gasteiger partial charge in [0, 0.05) is 0 Å². The van der Waals surface area contributed by atoms with Crippen molar-refractivity contribution in [2.75, 3.05) is 0 Å². The Morgan fingerprint density at radius 3 is 2.80 bits per heavy atom. The monoisotopic (exact) mass is 142 g/mol. The van der Waals surface area contributed by atoms with Crippen molar-refractivity contribution in [3.05, 3.63) is 27.3 Å². The van der Waals surface area contributed by atoms with E-state index in [1.807, 2.05) is 0 Å². The summed E-state index contributed by atoms with van der Waals surface area (Å²) in [6.45, 7) is 0. The molecule has 0 radical (unpaired) electrons. The Balaban J connectivity index is 2.98. The zero-order valence-corrected chi connectivity index (χ0v) is 4.67. The Bertz CT molecular complexity index is 266. The second-order valence-corrected chi connectivity index (χ2v) is 1.43. The number of rotatable bonds is 2. The van der Waals surface area contributed by atoms with Gasteiger partial charge < -0.3 is 10.1 Å². The van der Waals surface area contributed by atoms with Gasteiger partial charge in [-0.15, -0.1) is 4.91 Å². The number of nitrogens with zero attached hydrogens (tertiary/aromatic N) is 4. The lowest BCUT2D eigenvalue weighted by atomic mass is 10.7. The Morgan fingerprint density at radius 1 is 1.80 bits per heavy atom. The molecule has 1 heterocycles. The van der Waals surface area contributed by atoms with Gasteiger partial charge in [0.05, 0.1) is 17.4 Å². The lowest BCUT2D eigenvalue weighted by molar-refractivity contribution is -0.389. The van der Waals surface area contributed by atoms with E-state index in [9.17, 15) is 15.0 Å². The molecule has 1 aromatic rings. The van der Waals surface area contributed by atoms with Crippen molar-refractivity contribution >= 4 is 5.82 Å². The summed E-state index contributed by atoms with van der Waals surface area (Å²) in [7, 11) is 0. The molecule has 10 heavy (non-hydrogen) atoms. The zero-order valence-electron chi connectivity index (χ0n) is 4.67. The fourth-order valence-electron chi connectivity index (χ4n) is 0.448. The highest BCUT2D eigenvalue weighted by Gasteiger charge is 2.09. The molecule has 1 rings (SSSR count). The van der Waals surface area contributed by atoms with Crippen LogP contribution in [0.2, 0.25) is 0 Å². The molecule has 0 bridgehead atoms. The van der Waals surface area contributed by atoms with E-state index >= 15 is 0 Å². The number of hydrogen-bond acceptors (Lipinski definition) is 5. The van der Waals surface area contributed by atoms with Crippen molar-refractivity contribution in [3.63, 3.8) is 0 Å². The minimum Gasteiger partial charge on any atom is -0.358 e. The van der Waals surface area contributed by atoms with E-state index in [1.165, 1.54) is 0 Å². The molecule has 0 amide bonds. The molecule has 0 spiro atoms. The molecule has 0 unspecified atom stereocenters. The van der Waals surface area contributed by atoms with Crippen LogP contribution in [0.15, 0.2) is 17.5 Å². The van der Waals surface area contributed by atoms with Crippen LogP contribution < -0.4 is 0 Å². The maximum Gasteiger partial charge on any atom is 0.392 e. The highest BCUT2D eigenvalue weighted by atomic mass is 16.6. The molecular formula is C3H2N4O3. The van der Waals surface area contributed by atoms with Gasteiger partial charge >= 0.3 is 5.82 Å². The molecule has 0 aliphatic heterocycles. The van der Waals surface area contributed by atoms with Crippen LogP contribution in [0.25, 0.3) is 0 Å². The topological polar surface area (TPSA) is 90.4 Å². The van der Waals surface area contributed by atoms with E-state index in [2.05, 4.69) is 10.4 Å². The summed E-state index contributed by atoms with van der Waals surface area (Å²) in [5, 5.41) is 15.4. The average Bonchev–Trinajstić information content (AvgIpc) is 2.34. The number of nitro groups is 1. The van der Waals surface area contributed by atoms with Crippen molar-refractivity contribution < 1.29 is 4.92 Å². The fourth-order valence-corrected chi connectivity index (χ4v) is 0.448. The summed E-state index contributed by atoms with van der Waals surface area (Å²) in [6.07, 6.45) is 1.10. The van der Waals surface area contributed by atoms with Gasteiger partial charge in [-0.25, -0.2) is 0 Å². The maximum atomic E-state index is 9.92. The third-order valence-corrected chi connectivity index (χ3v) is 0.833. The van der Waals surface area contributed by atoms with E-state index in [1.54, 1.807) is 0 Å². The Labute approximate surface area is 54.4 Å².